The summed E-state index contributed by atoms with van der Waals surface area (Å²) in [7, 11) is 0. The Morgan fingerprint density at radius 1 is 0.786 bits per heavy atom. The van der Waals surface area contributed by atoms with Gasteiger partial charge in [-0.25, -0.2) is 0 Å². The molecular weight excluding hydrogens is 214 g/mol. The lowest BCUT2D eigenvalue weighted by atomic mass is 9.91. The number of hydrogen-bond donors (Lipinski definition) is 6. The summed E-state index contributed by atoms with van der Waals surface area (Å²) in [4.78, 5) is 0. The molecule has 1 fully saturated rings. The second-order valence-corrected chi connectivity index (χ2v) is 3.22. The quantitative estimate of drug-likeness (QED) is 0.298. The Balaban J connectivity index is 0.00000169. The molecule has 86 valence electrons. The van der Waals surface area contributed by atoms with Crippen LogP contribution in [0.3, 0.4) is 0 Å². The first-order chi connectivity index (χ1) is 6.11. The summed E-state index contributed by atoms with van der Waals surface area (Å²) in [6.07, 6.45) is -3.78. The Labute approximate surface area is 87.6 Å². The van der Waals surface area contributed by atoms with Gasteiger partial charge in [0.05, 0.1) is 37.5 Å². The Morgan fingerprint density at radius 2 is 1.14 bits per heavy atom. The van der Waals surface area contributed by atoms with Gasteiger partial charge < -0.3 is 30.8 Å². The molecule has 0 radical (unpaired) electrons. The van der Waals surface area contributed by atoms with E-state index in [4.69, 9.17) is 10.2 Å². The van der Waals surface area contributed by atoms with Crippen molar-refractivity contribution in [3.8, 4) is 0 Å². The van der Waals surface area contributed by atoms with Crippen molar-refractivity contribution in [2.45, 2.75) is 30.4 Å². The van der Waals surface area contributed by atoms with Gasteiger partial charge in [0.25, 0.3) is 0 Å². The van der Waals surface area contributed by atoms with Crippen molar-refractivity contribution in [3.05, 3.63) is 0 Å². The summed E-state index contributed by atoms with van der Waals surface area (Å²) in [5.41, 5.74) is 0. The molecule has 0 aromatic rings. The summed E-state index contributed by atoms with van der Waals surface area (Å²) < 4.78 is 0. The summed E-state index contributed by atoms with van der Waals surface area (Å²) in [5.74, 6) is 0. The van der Waals surface area contributed by atoms with Crippen molar-refractivity contribution >= 4 is 12.4 Å². The second kappa shape index (κ2) is 5.82. The van der Waals surface area contributed by atoms with E-state index in [1.807, 2.05) is 0 Å². The van der Waals surface area contributed by atoms with Crippen LogP contribution in [0.25, 0.3) is 0 Å². The van der Waals surface area contributed by atoms with Gasteiger partial charge in [-0.3, -0.25) is 0 Å². The van der Waals surface area contributed by atoms with Crippen LogP contribution < -0.4 is 5.32 Å². The number of piperidine rings is 1. The molecule has 7 heteroatoms. The fraction of sp³-hybridized carbons (Fsp3) is 1.00. The van der Waals surface area contributed by atoms with E-state index >= 15 is 0 Å². The van der Waals surface area contributed by atoms with Crippen molar-refractivity contribution in [1.82, 2.24) is 5.32 Å². The second-order valence-electron chi connectivity index (χ2n) is 3.22. The van der Waals surface area contributed by atoms with E-state index in [0.29, 0.717) is 0 Å². The van der Waals surface area contributed by atoms with Crippen LogP contribution in [0.5, 0.6) is 0 Å². The topological polar surface area (TPSA) is 113 Å². The Kier molecular flexibility index (Phi) is 5.84. The minimum Gasteiger partial charge on any atom is -0.395 e. The molecule has 0 unspecified atom stereocenters. The smallest absolute Gasteiger partial charge is 0.109 e. The van der Waals surface area contributed by atoms with Crippen LogP contribution in [0.15, 0.2) is 0 Å². The maximum Gasteiger partial charge on any atom is 0.109 e. The Bertz CT molecular complexity index is 152. The van der Waals surface area contributed by atoms with Gasteiger partial charge in [0.1, 0.15) is 6.10 Å². The lowest BCUT2D eigenvalue weighted by Crippen LogP contribution is -2.66. The molecule has 0 aliphatic carbocycles. The molecule has 1 rings (SSSR count). The normalized spacial score (nSPS) is 43.1. The van der Waals surface area contributed by atoms with Crippen molar-refractivity contribution in [2.75, 3.05) is 13.2 Å². The van der Waals surface area contributed by atoms with Crippen LogP contribution >= 0.6 is 12.4 Å². The largest absolute Gasteiger partial charge is 0.395 e. The van der Waals surface area contributed by atoms with Crippen LogP contribution in [0.2, 0.25) is 0 Å². The molecule has 1 aliphatic rings. The van der Waals surface area contributed by atoms with E-state index in [1.54, 1.807) is 0 Å². The van der Waals surface area contributed by atoms with E-state index in [9.17, 15) is 15.3 Å². The average molecular weight is 230 g/mol. The van der Waals surface area contributed by atoms with Crippen molar-refractivity contribution in [1.29, 1.82) is 0 Å². The van der Waals surface area contributed by atoms with Crippen LogP contribution in [0.4, 0.5) is 0 Å². The zero-order chi connectivity index (χ0) is 10.0. The van der Waals surface area contributed by atoms with E-state index in [0.717, 1.165) is 0 Å². The van der Waals surface area contributed by atoms with Crippen LogP contribution in [-0.4, -0.2) is 69.1 Å². The molecule has 0 amide bonds. The highest BCUT2D eigenvalue weighted by molar-refractivity contribution is 5.85. The third kappa shape index (κ3) is 2.54. The van der Waals surface area contributed by atoms with E-state index in [2.05, 4.69) is 5.32 Å². The van der Waals surface area contributed by atoms with E-state index < -0.39 is 30.4 Å². The third-order valence-electron chi connectivity index (χ3n) is 2.35. The number of hydrogen-bond acceptors (Lipinski definition) is 6. The lowest BCUT2D eigenvalue weighted by Gasteiger charge is -2.40. The molecule has 0 saturated carbocycles. The third-order valence-corrected chi connectivity index (χ3v) is 2.35. The zero-order valence-corrected chi connectivity index (χ0v) is 8.26. The summed E-state index contributed by atoms with van der Waals surface area (Å²) in [6, 6.07) is -1.42. The van der Waals surface area contributed by atoms with Crippen molar-refractivity contribution < 1.29 is 25.5 Å². The predicted octanol–water partition coefficient (Wildman–Crippen LogP) is -3.18. The number of aliphatic hydroxyl groups excluding tert-OH is 5. The van der Waals surface area contributed by atoms with Crippen molar-refractivity contribution in [2.24, 2.45) is 0 Å². The molecule has 0 bridgehead atoms. The molecule has 1 aliphatic heterocycles. The van der Waals surface area contributed by atoms with Gasteiger partial charge >= 0.3 is 0 Å². The molecule has 0 aromatic carbocycles. The average Bonchev–Trinajstić information content (AvgIpc) is 2.15. The molecular formula is C7H16ClNO5. The fourth-order valence-electron chi connectivity index (χ4n) is 1.47. The van der Waals surface area contributed by atoms with E-state index in [1.165, 1.54) is 0 Å². The monoisotopic (exact) mass is 229 g/mol. The highest BCUT2D eigenvalue weighted by Crippen LogP contribution is 2.14. The first-order valence-electron chi connectivity index (χ1n) is 4.13. The minimum atomic E-state index is -1.34. The minimum absolute atomic E-state index is 0. The molecule has 0 spiro atoms. The first kappa shape index (κ1) is 14.1. The standard InChI is InChI=1S/C7H15NO5.ClH/c9-1-3-5(11)7(13)6(12)4(2-10)8-3;/h3-13H,1-2H2;1H/t3-,4-,5-,6-;/m0./s1. The highest BCUT2D eigenvalue weighted by Gasteiger charge is 2.41. The predicted molar refractivity (Wildman–Crippen MR) is 50.2 cm³/mol. The maximum absolute atomic E-state index is 9.31. The van der Waals surface area contributed by atoms with Gasteiger partial charge in [0, 0.05) is 0 Å². The molecule has 1 saturated heterocycles. The molecule has 1 heterocycles. The van der Waals surface area contributed by atoms with Crippen LogP contribution in [-0.2, 0) is 0 Å². The molecule has 0 aromatic heterocycles. The zero-order valence-electron chi connectivity index (χ0n) is 7.45. The fourth-order valence-corrected chi connectivity index (χ4v) is 1.47. The molecule has 14 heavy (non-hydrogen) atoms. The molecule has 6 nitrogen and oxygen atoms in total. The van der Waals surface area contributed by atoms with Gasteiger partial charge in [-0.2, -0.15) is 0 Å². The molecule has 6 N–H and O–H groups in total. The van der Waals surface area contributed by atoms with Gasteiger partial charge in [0.15, 0.2) is 0 Å². The number of nitrogens with one attached hydrogen (secondary N) is 1. The summed E-state index contributed by atoms with van der Waals surface area (Å²) in [6.45, 7) is -0.719. The first-order valence-corrected chi connectivity index (χ1v) is 4.13. The van der Waals surface area contributed by atoms with Gasteiger partial charge in [0.2, 0.25) is 0 Å². The summed E-state index contributed by atoms with van der Waals surface area (Å²) >= 11 is 0. The Hall–Kier alpha value is 0.0500. The Morgan fingerprint density at radius 3 is 1.43 bits per heavy atom. The van der Waals surface area contributed by atoms with Crippen LogP contribution in [0, 0.1) is 0 Å². The number of halogens is 1. The van der Waals surface area contributed by atoms with Crippen LogP contribution in [0.1, 0.15) is 0 Å². The van der Waals surface area contributed by atoms with Gasteiger partial charge in [-0.15, -0.1) is 12.4 Å². The van der Waals surface area contributed by atoms with Crippen molar-refractivity contribution in [3.63, 3.8) is 0 Å². The maximum atomic E-state index is 9.31. The van der Waals surface area contributed by atoms with E-state index in [-0.39, 0.29) is 25.6 Å². The molecule has 4 atom stereocenters. The number of aliphatic hydroxyl groups is 5. The number of rotatable bonds is 2. The van der Waals surface area contributed by atoms with Gasteiger partial charge in [-0.1, -0.05) is 0 Å². The van der Waals surface area contributed by atoms with Gasteiger partial charge in [-0.05, 0) is 0 Å². The summed E-state index contributed by atoms with van der Waals surface area (Å²) in [5, 5.41) is 48.1. The SMILES string of the molecule is Cl.OC[C@@H]1N[C@@H](CO)[C@H](O)C(O)[C@H]1O. The lowest BCUT2D eigenvalue weighted by molar-refractivity contribution is -0.125. The highest BCUT2D eigenvalue weighted by atomic mass is 35.5.